The Morgan fingerprint density at radius 3 is 2.57 bits per heavy atom. The number of nitrogens with one attached hydrogen (secondary N) is 1. The van der Waals surface area contributed by atoms with Crippen LogP contribution in [-0.4, -0.2) is 31.2 Å². The zero-order chi connectivity index (χ0) is 19.8. The van der Waals surface area contributed by atoms with E-state index in [4.69, 9.17) is 0 Å². The predicted octanol–water partition coefficient (Wildman–Crippen LogP) is 3.72. The molecule has 1 aliphatic rings. The number of hydrogen-bond donors (Lipinski definition) is 1. The maximum absolute atomic E-state index is 12.6. The number of carbonyl (C=O) groups is 1. The second-order valence-electron chi connectivity index (χ2n) is 7.60. The molecule has 146 valence electrons. The number of aryl methyl sites for hydroxylation is 3. The van der Waals surface area contributed by atoms with Gasteiger partial charge in [-0.25, -0.2) is 9.50 Å². The van der Waals surface area contributed by atoms with Crippen LogP contribution in [0.4, 0.5) is 0 Å². The first-order valence-electron chi connectivity index (χ1n) is 9.61. The second-order valence-corrected chi connectivity index (χ2v) is 8.54. The highest BCUT2D eigenvalue weighted by atomic mass is 32.2. The van der Waals surface area contributed by atoms with Crippen LogP contribution in [0.5, 0.6) is 0 Å². The lowest BCUT2D eigenvalue weighted by Gasteiger charge is -2.18. The minimum Gasteiger partial charge on any atom is -0.348 e. The molecular weight excluding hydrogens is 370 g/mol. The van der Waals surface area contributed by atoms with Crippen LogP contribution in [0.25, 0.3) is 5.78 Å². The van der Waals surface area contributed by atoms with Crippen molar-refractivity contribution in [2.45, 2.75) is 51.7 Å². The van der Waals surface area contributed by atoms with Crippen LogP contribution in [-0.2, 0) is 4.79 Å². The van der Waals surface area contributed by atoms with E-state index in [1.165, 1.54) is 35.7 Å². The number of amides is 1. The molecule has 0 bridgehead atoms. The molecule has 1 unspecified atom stereocenters. The van der Waals surface area contributed by atoms with Gasteiger partial charge in [0.15, 0.2) is 0 Å². The van der Waals surface area contributed by atoms with Gasteiger partial charge in [0.2, 0.25) is 11.1 Å². The normalized spacial score (nSPS) is 15.0. The summed E-state index contributed by atoms with van der Waals surface area (Å²) in [5, 5.41) is 8.30. The summed E-state index contributed by atoms with van der Waals surface area (Å²) in [6.45, 7) is 8.09. The third kappa shape index (κ3) is 3.90. The molecule has 0 radical (unpaired) electrons. The van der Waals surface area contributed by atoms with Crippen molar-refractivity contribution in [2.75, 3.05) is 5.75 Å². The fourth-order valence-corrected chi connectivity index (χ4v) is 3.95. The van der Waals surface area contributed by atoms with Crippen molar-refractivity contribution < 1.29 is 4.79 Å². The van der Waals surface area contributed by atoms with E-state index in [0.717, 1.165) is 17.0 Å². The van der Waals surface area contributed by atoms with Crippen molar-refractivity contribution in [3.05, 3.63) is 52.3 Å². The van der Waals surface area contributed by atoms with Crippen molar-refractivity contribution in [1.29, 1.82) is 0 Å². The number of rotatable bonds is 6. The predicted molar refractivity (Wildman–Crippen MR) is 111 cm³/mol. The highest BCUT2D eigenvalue weighted by Gasteiger charge is 2.33. The summed E-state index contributed by atoms with van der Waals surface area (Å²) in [6, 6.07) is 8.54. The van der Waals surface area contributed by atoms with Gasteiger partial charge in [0, 0.05) is 11.4 Å². The zero-order valence-corrected chi connectivity index (χ0v) is 17.5. The molecule has 2 aromatic heterocycles. The summed E-state index contributed by atoms with van der Waals surface area (Å²) in [5.41, 5.74) is 5.50. The van der Waals surface area contributed by atoms with Gasteiger partial charge in [0.25, 0.3) is 5.78 Å². The maximum Gasteiger partial charge on any atom is 0.253 e. The highest BCUT2D eigenvalue weighted by Crippen LogP contribution is 2.41. The standard InChI is InChI=1S/C21H25N5OS/c1-12-5-7-16(8-6-12)19(17-9-10-17)23-18(27)11-28-21-24-20-22-14(3)13(2)15(4)26(20)25-21/h5-8,17,19H,9-11H2,1-4H3,(H,23,27). The molecule has 1 fully saturated rings. The molecule has 0 aliphatic heterocycles. The lowest BCUT2D eigenvalue weighted by atomic mass is 10.0. The lowest BCUT2D eigenvalue weighted by molar-refractivity contribution is -0.119. The molecule has 0 saturated heterocycles. The number of carbonyl (C=O) groups excluding carboxylic acids is 1. The Hall–Kier alpha value is -2.41. The Labute approximate surface area is 169 Å². The Morgan fingerprint density at radius 1 is 1.18 bits per heavy atom. The first-order chi connectivity index (χ1) is 13.4. The molecule has 1 amide bonds. The van der Waals surface area contributed by atoms with Crippen LogP contribution in [0.3, 0.4) is 0 Å². The fraction of sp³-hybridized carbons (Fsp3) is 0.429. The van der Waals surface area contributed by atoms with E-state index in [-0.39, 0.29) is 11.9 Å². The molecule has 2 heterocycles. The van der Waals surface area contributed by atoms with Gasteiger partial charge in [-0.05, 0) is 57.6 Å². The van der Waals surface area contributed by atoms with Crippen molar-refractivity contribution in [1.82, 2.24) is 24.9 Å². The van der Waals surface area contributed by atoms with Gasteiger partial charge in [0.05, 0.1) is 11.8 Å². The van der Waals surface area contributed by atoms with Gasteiger partial charge in [-0.2, -0.15) is 4.98 Å². The molecule has 1 aliphatic carbocycles. The van der Waals surface area contributed by atoms with Gasteiger partial charge in [-0.1, -0.05) is 41.6 Å². The smallest absolute Gasteiger partial charge is 0.253 e. The minimum atomic E-state index is 0.0124. The highest BCUT2D eigenvalue weighted by molar-refractivity contribution is 7.99. The number of benzene rings is 1. The second kappa shape index (κ2) is 7.54. The molecule has 1 saturated carbocycles. The lowest BCUT2D eigenvalue weighted by Crippen LogP contribution is -2.31. The maximum atomic E-state index is 12.6. The van der Waals surface area contributed by atoms with Crippen molar-refractivity contribution in [3.8, 4) is 0 Å². The van der Waals surface area contributed by atoms with Crippen LogP contribution < -0.4 is 5.32 Å². The van der Waals surface area contributed by atoms with Crippen LogP contribution in [0.15, 0.2) is 29.4 Å². The Morgan fingerprint density at radius 2 is 1.89 bits per heavy atom. The average molecular weight is 396 g/mol. The summed E-state index contributed by atoms with van der Waals surface area (Å²) in [4.78, 5) is 21.5. The molecule has 1 aromatic carbocycles. The fourth-order valence-electron chi connectivity index (χ4n) is 3.32. The van der Waals surface area contributed by atoms with Gasteiger partial charge < -0.3 is 5.32 Å². The van der Waals surface area contributed by atoms with Crippen LogP contribution in [0.1, 0.15) is 47.0 Å². The average Bonchev–Trinajstić information content (AvgIpc) is 3.44. The minimum absolute atomic E-state index is 0.0124. The molecule has 7 heteroatoms. The number of nitrogens with zero attached hydrogens (tertiary/aromatic N) is 4. The third-order valence-electron chi connectivity index (χ3n) is 5.42. The topological polar surface area (TPSA) is 72.2 Å². The third-order valence-corrected chi connectivity index (χ3v) is 6.26. The van der Waals surface area contributed by atoms with Crippen molar-refractivity contribution in [2.24, 2.45) is 5.92 Å². The molecule has 6 nitrogen and oxygen atoms in total. The molecule has 1 atom stereocenters. The molecule has 28 heavy (non-hydrogen) atoms. The first-order valence-corrected chi connectivity index (χ1v) is 10.6. The van der Waals surface area contributed by atoms with E-state index in [2.05, 4.69) is 51.6 Å². The van der Waals surface area contributed by atoms with Crippen molar-refractivity contribution >= 4 is 23.4 Å². The molecule has 3 aromatic rings. The summed E-state index contributed by atoms with van der Waals surface area (Å²) >= 11 is 1.35. The summed E-state index contributed by atoms with van der Waals surface area (Å²) in [7, 11) is 0. The zero-order valence-electron chi connectivity index (χ0n) is 16.7. The van der Waals surface area contributed by atoms with Crippen LogP contribution in [0, 0.1) is 33.6 Å². The molecule has 1 N–H and O–H groups in total. The van der Waals surface area contributed by atoms with Gasteiger partial charge >= 0.3 is 0 Å². The van der Waals surface area contributed by atoms with Crippen molar-refractivity contribution in [3.63, 3.8) is 0 Å². The van der Waals surface area contributed by atoms with E-state index in [1.807, 2.05) is 20.8 Å². The number of thioether (sulfide) groups is 1. The van der Waals surface area contributed by atoms with E-state index >= 15 is 0 Å². The van der Waals surface area contributed by atoms with Gasteiger partial charge in [0.1, 0.15) is 0 Å². The summed E-state index contributed by atoms with van der Waals surface area (Å²) in [6.07, 6.45) is 2.34. The number of aromatic nitrogens is 4. The monoisotopic (exact) mass is 395 g/mol. The Balaban J connectivity index is 1.43. The van der Waals surface area contributed by atoms with Gasteiger partial charge in [-0.15, -0.1) is 5.10 Å². The summed E-state index contributed by atoms with van der Waals surface area (Å²) < 4.78 is 1.75. The first kappa shape index (κ1) is 18.9. The van der Waals surface area contributed by atoms with E-state index in [9.17, 15) is 4.79 Å². The van der Waals surface area contributed by atoms with Crippen LogP contribution in [0.2, 0.25) is 0 Å². The Bertz CT molecular complexity index is 1020. The SMILES string of the molecule is Cc1ccc(C(NC(=O)CSc2nc3nc(C)c(C)c(C)n3n2)C2CC2)cc1. The molecule has 4 rings (SSSR count). The number of fused-ring (bicyclic) bond motifs is 1. The summed E-state index contributed by atoms with van der Waals surface area (Å²) in [5.74, 6) is 1.43. The van der Waals surface area contributed by atoms with E-state index in [0.29, 0.717) is 22.6 Å². The van der Waals surface area contributed by atoms with Gasteiger partial charge in [-0.3, -0.25) is 4.79 Å². The molecular formula is C21H25N5OS. The van der Waals surface area contributed by atoms with E-state index < -0.39 is 0 Å². The largest absolute Gasteiger partial charge is 0.348 e. The number of hydrogen-bond acceptors (Lipinski definition) is 5. The van der Waals surface area contributed by atoms with Crippen LogP contribution >= 0.6 is 11.8 Å². The molecule has 0 spiro atoms. The van der Waals surface area contributed by atoms with E-state index in [1.54, 1.807) is 4.52 Å². The quantitative estimate of drug-likeness (QED) is 0.644. The Kier molecular flexibility index (Phi) is 5.10.